The first-order valence-corrected chi connectivity index (χ1v) is 12.3. The average molecular weight is 440 g/mol. The van der Waals surface area contributed by atoms with Gasteiger partial charge in [0.05, 0.1) is 16.5 Å². The highest BCUT2D eigenvalue weighted by molar-refractivity contribution is 7.89. The summed E-state index contributed by atoms with van der Waals surface area (Å²) in [5.41, 5.74) is 2.00. The molecule has 3 rings (SSSR count). The molecule has 31 heavy (non-hydrogen) atoms. The number of hydrogen-bond donors (Lipinski definition) is 0. The van der Waals surface area contributed by atoms with Gasteiger partial charge in [-0.05, 0) is 61.2 Å². The van der Waals surface area contributed by atoms with E-state index < -0.39 is 10.0 Å². The van der Waals surface area contributed by atoms with Crippen LogP contribution in [-0.2, 0) is 16.6 Å². The number of sulfonamides is 1. The summed E-state index contributed by atoms with van der Waals surface area (Å²) in [6.45, 7) is 4.14. The van der Waals surface area contributed by atoms with Gasteiger partial charge in [-0.2, -0.15) is 9.57 Å². The molecular formula is C24H29N3O3S. The zero-order valence-electron chi connectivity index (χ0n) is 18.0. The van der Waals surface area contributed by atoms with E-state index in [1.807, 2.05) is 19.1 Å². The highest BCUT2D eigenvalue weighted by atomic mass is 32.2. The Bertz CT molecular complexity index is 1020. The van der Waals surface area contributed by atoms with Crippen molar-refractivity contribution in [3.05, 3.63) is 65.2 Å². The van der Waals surface area contributed by atoms with Gasteiger partial charge in [0.2, 0.25) is 10.0 Å². The lowest BCUT2D eigenvalue weighted by Crippen LogP contribution is -2.32. The molecule has 0 bridgehead atoms. The second-order valence-electron chi connectivity index (χ2n) is 7.88. The number of rotatable bonds is 7. The van der Waals surface area contributed by atoms with Crippen LogP contribution < -0.4 is 0 Å². The first kappa shape index (κ1) is 23.0. The number of amides is 1. The van der Waals surface area contributed by atoms with E-state index in [1.165, 1.54) is 0 Å². The Kier molecular flexibility index (Phi) is 7.83. The van der Waals surface area contributed by atoms with E-state index in [0.29, 0.717) is 37.3 Å². The standard InChI is InChI=1S/C24H29N3O3S/c1-2-15-26(19-21-9-7-20(18-25)8-10-21)24(28)22-11-13-23(14-12-22)31(29,30)27-16-5-3-4-6-17-27/h7-14H,2-6,15-17,19H2,1H3. The van der Waals surface area contributed by atoms with Crippen molar-refractivity contribution in [1.29, 1.82) is 5.26 Å². The molecule has 0 atom stereocenters. The van der Waals surface area contributed by atoms with Gasteiger partial charge >= 0.3 is 0 Å². The summed E-state index contributed by atoms with van der Waals surface area (Å²) < 4.78 is 27.5. The summed E-state index contributed by atoms with van der Waals surface area (Å²) in [5, 5.41) is 8.95. The maximum absolute atomic E-state index is 13.1. The van der Waals surface area contributed by atoms with Gasteiger partial charge in [-0.25, -0.2) is 8.42 Å². The highest BCUT2D eigenvalue weighted by Crippen LogP contribution is 2.21. The van der Waals surface area contributed by atoms with Crippen LogP contribution in [0.4, 0.5) is 0 Å². The molecule has 1 aliphatic rings. The number of nitrogens with zero attached hydrogens (tertiary/aromatic N) is 3. The Balaban J connectivity index is 1.75. The molecule has 0 spiro atoms. The molecule has 1 fully saturated rings. The van der Waals surface area contributed by atoms with Crippen LogP contribution in [0.2, 0.25) is 0 Å². The Morgan fingerprint density at radius 1 is 1.00 bits per heavy atom. The monoisotopic (exact) mass is 439 g/mol. The van der Waals surface area contributed by atoms with E-state index in [9.17, 15) is 13.2 Å². The average Bonchev–Trinajstić information content (AvgIpc) is 3.09. The molecule has 1 amide bonds. The van der Waals surface area contributed by atoms with Crippen LogP contribution >= 0.6 is 0 Å². The van der Waals surface area contributed by atoms with E-state index in [1.54, 1.807) is 45.6 Å². The molecule has 1 aliphatic heterocycles. The molecule has 0 aliphatic carbocycles. The molecule has 1 saturated heterocycles. The molecule has 2 aromatic carbocycles. The van der Waals surface area contributed by atoms with E-state index in [4.69, 9.17) is 5.26 Å². The largest absolute Gasteiger partial charge is 0.334 e. The molecular weight excluding hydrogens is 410 g/mol. The Morgan fingerprint density at radius 3 is 2.16 bits per heavy atom. The molecule has 0 N–H and O–H groups in total. The number of carbonyl (C=O) groups excluding carboxylic acids is 1. The quantitative estimate of drug-likeness (QED) is 0.648. The van der Waals surface area contributed by atoms with Gasteiger partial charge in [-0.1, -0.05) is 31.9 Å². The fourth-order valence-corrected chi connectivity index (χ4v) is 5.33. The van der Waals surface area contributed by atoms with Crippen LogP contribution in [0.3, 0.4) is 0 Å². The lowest BCUT2D eigenvalue weighted by molar-refractivity contribution is 0.0743. The van der Waals surface area contributed by atoms with Gasteiger partial charge in [0.15, 0.2) is 0 Å². The van der Waals surface area contributed by atoms with Crippen molar-refractivity contribution < 1.29 is 13.2 Å². The molecule has 1 heterocycles. The normalized spacial score (nSPS) is 15.1. The van der Waals surface area contributed by atoms with Gasteiger partial charge in [0, 0.05) is 31.7 Å². The van der Waals surface area contributed by atoms with Gasteiger partial charge in [0.1, 0.15) is 0 Å². The predicted octanol–water partition coefficient (Wildman–Crippen LogP) is 4.18. The molecule has 7 heteroatoms. The fraction of sp³-hybridized carbons (Fsp3) is 0.417. The second-order valence-corrected chi connectivity index (χ2v) is 9.82. The van der Waals surface area contributed by atoms with Crippen molar-refractivity contribution >= 4 is 15.9 Å². The Morgan fingerprint density at radius 2 is 1.61 bits per heavy atom. The number of benzene rings is 2. The van der Waals surface area contributed by atoms with E-state index in [2.05, 4.69) is 6.07 Å². The second kappa shape index (κ2) is 10.6. The third kappa shape index (κ3) is 5.72. The minimum absolute atomic E-state index is 0.134. The molecule has 0 aromatic heterocycles. The van der Waals surface area contributed by atoms with Gasteiger partial charge in [-0.3, -0.25) is 4.79 Å². The smallest absolute Gasteiger partial charge is 0.254 e. The minimum atomic E-state index is -3.53. The van der Waals surface area contributed by atoms with Gasteiger partial charge in [0.25, 0.3) is 5.91 Å². The molecule has 164 valence electrons. The highest BCUT2D eigenvalue weighted by Gasteiger charge is 2.25. The van der Waals surface area contributed by atoms with Crippen LogP contribution in [0.15, 0.2) is 53.4 Å². The van der Waals surface area contributed by atoms with Gasteiger partial charge < -0.3 is 4.90 Å². The van der Waals surface area contributed by atoms with E-state index in [-0.39, 0.29) is 10.8 Å². The minimum Gasteiger partial charge on any atom is -0.334 e. The zero-order chi connectivity index (χ0) is 22.3. The molecule has 0 unspecified atom stereocenters. The van der Waals surface area contributed by atoms with Gasteiger partial charge in [-0.15, -0.1) is 0 Å². The SMILES string of the molecule is CCCN(Cc1ccc(C#N)cc1)C(=O)c1ccc(S(=O)(=O)N2CCCCCC2)cc1. The number of carbonyl (C=O) groups is 1. The Hall–Kier alpha value is -2.69. The molecule has 2 aromatic rings. The first-order chi connectivity index (χ1) is 15.0. The summed E-state index contributed by atoms with van der Waals surface area (Å²) in [6, 6.07) is 15.6. The van der Waals surface area contributed by atoms with E-state index >= 15 is 0 Å². The first-order valence-electron chi connectivity index (χ1n) is 10.8. The molecule has 6 nitrogen and oxygen atoms in total. The van der Waals surface area contributed by atoms with Crippen LogP contribution in [0.1, 0.15) is 60.5 Å². The third-order valence-corrected chi connectivity index (χ3v) is 7.45. The summed E-state index contributed by atoms with van der Waals surface area (Å²) in [4.78, 5) is 15.1. The zero-order valence-corrected chi connectivity index (χ0v) is 18.8. The van der Waals surface area contributed by atoms with Crippen molar-refractivity contribution in [3.8, 4) is 6.07 Å². The number of nitriles is 1. The van der Waals surface area contributed by atoms with Crippen molar-refractivity contribution in [1.82, 2.24) is 9.21 Å². The van der Waals surface area contributed by atoms with Crippen LogP contribution in [0, 0.1) is 11.3 Å². The van der Waals surface area contributed by atoms with Crippen molar-refractivity contribution in [2.45, 2.75) is 50.5 Å². The summed E-state index contributed by atoms with van der Waals surface area (Å²) >= 11 is 0. The fourth-order valence-electron chi connectivity index (χ4n) is 3.81. The maximum Gasteiger partial charge on any atom is 0.254 e. The Labute approximate surface area is 185 Å². The van der Waals surface area contributed by atoms with E-state index in [0.717, 1.165) is 37.7 Å². The third-order valence-electron chi connectivity index (χ3n) is 5.54. The lowest BCUT2D eigenvalue weighted by atomic mass is 10.1. The van der Waals surface area contributed by atoms with Crippen molar-refractivity contribution in [3.63, 3.8) is 0 Å². The van der Waals surface area contributed by atoms with Crippen LogP contribution in [0.5, 0.6) is 0 Å². The van der Waals surface area contributed by atoms with Crippen LogP contribution in [-0.4, -0.2) is 43.2 Å². The topological polar surface area (TPSA) is 81.5 Å². The lowest BCUT2D eigenvalue weighted by Gasteiger charge is -2.23. The van der Waals surface area contributed by atoms with Crippen molar-refractivity contribution in [2.75, 3.05) is 19.6 Å². The predicted molar refractivity (Wildman–Crippen MR) is 120 cm³/mol. The van der Waals surface area contributed by atoms with Crippen molar-refractivity contribution in [2.24, 2.45) is 0 Å². The summed E-state index contributed by atoms with van der Waals surface area (Å²) in [6.07, 6.45) is 4.70. The van der Waals surface area contributed by atoms with Crippen LogP contribution in [0.25, 0.3) is 0 Å². The molecule has 0 saturated carbocycles. The molecule has 0 radical (unpaired) electrons. The summed E-state index contributed by atoms with van der Waals surface area (Å²) in [7, 11) is -3.53. The summed E-state index contributed by atoms with van der Waals surface area (Å²) in [5.74, 6) is -0.134. The maximum atomic E-state index is 13.1. The number of hydrogen-bond acceptors (Lipinski definition) is 4.